The predicted octanol–water partition coefficient (Wildman–Crippen LogP) is 4.29. The smallest absolute Gasteiger partial charge is 0.364 e. The minimum absolute atomic E-state index is 0.0913. The molecule has 8 heteroatoms. The summed E-state index contributed by atoms with van der Waals surface area (Å²) in [5.41, 5.74) is 0.284. The van der Waals surface area contributed by atoms with E-state index in [9.17, 15) is 22.8 Å². The van der Waals surface area contributed by atoms with Crippen molar-refractivity contribution in [1.82, 2.24) is 0 Å². The summed E-state index contributed by atoms with van der Waals surface area (Å²) >= 11 is 0. The maximum Gasteiger partial charge on any atom is 0.416 e. The van der Waals surface area contributed by atoms with Gasteiger partial charge in [-0.05, 0) is 42.5 Å². The summed E-state index contributed by atoms with van der Waals surface area (Å²) in [5, 5.41) is 4.87. The van der Waals surface area contributed by atoms with E-state index in [0.29, 0.717) is 5.56 Å². The fraction of sp³-hybridized carbons (Fsp3) is 0.200. The first kappa shape index (κ1) is 19.5. The maximum atomic E-state index is 13.0. The number of carbonyl (C=O) groups is 2. The third-order valence-corrected chi connectivity index (χ3v) is 4.22. The highest BCUT2D eigenvalue weighted by Gasteiger charge is 2.31. The molecule has 0 atom stereocenters. The second kappa shape index (κ2) is 7.75. The van der Waals surface area contributed by atoms with Crippen LogP contribution in [-0.2, 0) is 11.0 Å². The van der Waals surface area contributed by atoms with Crippen LogP contribution in [0.3, 0.4) is 0 Å². The lowest BCUT2D eigenvalue weighted by atomic mass is 10.1. The molecule has 0 radical (unpaired) electrons. The third-order valence-electron chi connectivity index (χ3n) is 4.22. The van der Waals surface area contributed by atoms with Crippen LogP contribution in [0.4, 0.5) is 30.2 Å². The van der Waals surface area contributed by atoms with Gasteiger partial charge in [-0.1, -0.05) is 12.2 Å². The van der Waals surface area contributed by atoms with Crippen LogP contribution >= 0.6 is 0 Å². The van der Waals surface area contributed by atoms with E-state index in [1.165, 1.54) is 6.92 Å². The molecule has 2 amide bonds. The molecular weight excluding hydrogens is 371 g/mol. The summed E-state index contributed by atoms with van der Waals surface area (Å²) < 4.78 is 39.0. The highest BCUT2D eigenvalue weighted by Crippen LogP contribution is 2.34. The van der Waals surface area contributed by atoms with Crippen LogP contribution < -0.4 is 15.5 Å². The van der Waals surface area contributed by atoms with E-state index in [1.807, 2.05) is 12.2 Å². The van der Waals surface area contributed by atoms with Gasteiger partial charge in [0.15, 0.2) is 0 Å². The second-order valence-corrected chi connectivity index (χ2v) is 6.32. The number of carbonyl (C=O) groups excluding carboxylic acids is 2. The molecule has 28 heavy (non-hydrogen) atoms. The average molecular weight is 389 g/mol. The predicted molar refractivity (Wildman–Crippen MR) is 101 cm³/mol. The first-order valence-corrected chi connectivity index (χ1v) is 8.54. The molecule has 2 aromatic carbocycles. The van der Waals surface area contributed by atoms with Crippen molar-refractivity contribution in [3.63, 3.8) is 0 Å². The van der Waals surface area contributed by atoms with Gasteiger partial charge < -0.3 is 15.5 Å². The van der Waals surface area contributed by atoms with E-state index >= 15 is 0 Å². The van der Waals surface area contributed by atoms with Crippen molar-refractivity contribution >= 4 is 28.9 Å². The van der Waals surface area contributed by atoms with Crippen molar-refractivity contribution in [3.05, 3.63) is 65.7 Å². The van der Waals surface area contributed by atoms with Crippen LogP contribution in [0.15, 0.2) is 54.6 Å². The molecule has 0 saturated carbocycles. The highest BCUT2D eigenvalue weighted by atomic mass is 19.4. The molecule has 0 bridgehead atoms. The number of alkyl halides is 3. The number of nitrogens with one attached hydrogen (secondary N) is 2. The molecule has 5 nitrogen and oxygen atoms in total. The van der Waals surface area contributed by atoms with Gasteiger partial charge in [-0.15, -0.1) is 0 Å². The van der Waals surface area contributed by atoms with Crippen molar-refractivity contribution in [2.75, 3.05) is 28.6 Å². The van der Waals surface area contributed by atoms with Gasteiger partial charge in [0, 0.05) is 31.3 Å². The number of hydrogen-bond acceptors (Lipinski definition) is 3. The molecule has 3 rings (SSSR count). The van der Waals surface area contributed by atoms with E-state index in [2.05, 4.69) is 15.5 Å². The van der Waals surface area contributed by atoms with Crippen LogP contribution in [0.2, 0.25) is 0 Å². The molecule has 2 N–H and O–H groups in total. The van der Waals surface area contributed by atoms with E-state index in [-0.39, 0.29) is 11.4 Å². The Kier molecular flexibility index (Phi) is 5.39. The molecule has 2 aromatic rings. The Morgan fingerprint density at radius 3 is 2.14 bits per heavy atom. The molecule has 0 aliphatic carbocycles. The number of anilines is 3. The number of nitrogens with zero attached hydrogens (tertiary/aromatic N) is 1. The monoisotopic (exact) mass is 389 g/mol. The fourth-order valence-electron chi connectivity index (χ4n) is 2.83. The highest BCUT2D eigenvalue weighted by molar-refractivity contribution is 6.07. The van der Waals surface area contributed by atoms with Crippen LogP contribution in [0.25, 0.3) is 0 Å². The third kappa shape index (κ3) is 4.51. The topological polar surface area (TPSA) is 61.4 Å². The van der Waals surface area contributed by atoms with E-state index in [1.54, 1.807) is 24.3 Å². The zero-order valence-corrected chi connectivity index (χ0v) is 15.0. The SMILES string of the molecule is CC(=O)Nc1ccc(C(F)(F)F)cc1NC(=O)c1ccc(N2CC=CC2)cc1. The van der Waals surface area contributed by atoms with Gasteiger partial charge in [-0.3, -0.25) is 9.59 Å². The molecule has 0 spiro atoms. The minimum Gasteiger partial charge on any atom is -0.364 e. The summed E-state index contributed by atoms with van der Waals surface area (Å²) in [6.07, 6.45) is -0.491. The summed E-state index contributed by atoms with van der Waals surface area (Å²) in [7, 11) is 0. The molecule has 0 unspecified atom stereocenters. The van der Waals surface area contributed by atoms with Gasteiger partial charge >= 0.3 is 6.18 Å². The maximum absolute atomic E-state index is 13.0. The Morgan fingerprint density at radius 2 is 1.57 bits per heavy atom. The Morgan fingerprint density at radius 1 is 0.929 bits per heavy atom. The average Bonchev–Trinajstić information content (AvgIpc) is 3.16. The lowest BCUT2D eigenvalue weighted by molar-refractivity contribution is -0.137. The van der Waals surface area contributed by atoms with Gasteiger partial charge in [-0.2, -0.15) is 13.2 Å². The van der Waals surface area contributed by atoms with Crippen molar-refractivity contribution < 1.29 is 22.8 Å². The number of hydrogen-bond donors (Lipinski definition) is 2. The Hall–Kier alpha value is -3.29. The normalized spacial score (nSPS) is 13.5. The Bertz CT molecular complexity index is 913. The number of benzene rings is 2. The Balaban J connectivity index is 1.82. The summed E-state index contributed by atoms with van der Waals surface area (Å²) in [6, 6.07) is 9.53. The van der Waals surface area contributed by atoms with Gasteiger partial charge in [-0.25, -0.2) is 0 Å². The molecule has 146 valence electrons. The minimum atomic E-state index is -4.57. The lowest BCUT2D eigenvalue weighted by Gasteiger charge is -2.18. The van der Waals surface area contributed by atoms with Crippen molar-refractivity contribution in [2.24, 2.45) is 0 Å². The number of rotatable bonds is 4. The van der Waals surface area contributed by atoms with E-state index in [0.717, 1.165) is 37.0 Å². The molecule has 1 aliphatic rings. The lowest BCUT2D eigenvalue weighted by Crippen LogP contribution is -2.19. The van der Waals surface area contributed by atoms with Gasteiger partial charge in [0.25, 0.3) is 5.91 Å². The zero-order chi connectivity index (χ0) is 20.3. The van der Waals surface area contributed by atoms with Crippen molar-refractivity contribution in [3.8, 4) is 0 Å². The number of amides is 2. The number of halogens is 3. The Labute approximate surface area is 159 Å². The van der Waals surface area contributed by atoms with Crippen molar-refractivity contribution in [2.45, 2.75) is 13.1 Å². The van der Waals surface area contributed by atoms with E-state index in [4.69, 9.17) is 0 Å². The van der Waals surface area contributed by atoms with Gasteiger partial charge in [0.1, 0.15) is 0 Å². The quantitative estimate of drug-likeness (QED) is 0.767. The fourth-order valence-corrected chi connectivity index (χ4v) is 2.83. The van der Waals surface area contributed by atoms with E-state index < -0.39 is 23.6 Å². The molecular formula is C20H18F3N3O2. The molecule has 1 aliphatic heterocycles. The molecule has 0 aromatic heterocycles. The standard InChI is InChI=1S/C20H18F3N3O2/c1-13(27)24-17-9-6-15(20(21,22)23)12-18(17)25-19(28)14-4-7-16(8-5-14)26-10-2-3-11-26/h2-9,12H,10-11H2,1H3,(H,24,27)(H,25,28). The summed E-state index contributed by atoms with van der Waals surface area (Å²) in [5.74, 6) is -1.03. The van der Waals surface area contributed by atoms with Gasteiger partial charge in [0.2, 0.25) is 5.91 Å². The van der Waals surface area contributed by atoms with Gasteiger partial charge in [0.05, 0.1) is 16.9 Å². The molecule has 0 saturated heterocycles. The van der Waals surface area contributed by atoms with Crippen LogP contribution in [0.1, 0.15) is 22.8 Å². The summed E-state index contributed by atoms with van der Waals surface area (Å²) in [6.45, 7) is 2.81. The largest absolute Gasteiger partial charge is 0.416 e. The summed E-state index contributed by atoms with van der Waals surface area (Å²) in [4.78, 5) is 25.9. The molecule has 0 fully saturated rings. The van der Waals surface area contributed by atoms with Crippen molar-refractivity contribution in [1.29, 1.82) is 0 Å². The van der Waals surface area contributed by atoms with Crippen LogP contribution in [0.5, 0.6) is 0 Å². The van der Waals surface area contributed by atoms with Crippen LogP contribution in [-0.4, -0.2) is 24.9 Å². The first-order chi connectivity index (χ1) is 13.2. The molecule has 1 heterocycles. The van der Waals surface area contributed by atoms with Crippen LogP contribution in [0, 0.1) is 0 Å². The first-order valence-electron chi connectivity index (χ1n) is 8.54. The zero-order valence-electron chi connectivity index (χ0n) is 15.0. The second-order valence-electron chi connectivity index (χ2n) is 6.32.